The lowest BCUT2D eigenvalue weighted by molar-refractivity contribution is -0.118. The summed E-state index contributed by atoms with van der Waals surface area (Å²) in [5.74, 6) is 0.186. The highest BCUT2D eigenvalue weighted by Gasteiger charge is 2.09. The molecule has 2 heteroatoms. The molecule has 1 aromatic rings. The summed E-state index contributed by atoms with van der Waals surface area (Å²) in [5.41, 5.74) is 2.26. The Bertz CT molecular complexity index is 333. The third kappa shape index (κ3) is 5.03. The van der Waals surface area contributed by atoms with Gasteiger partial charge in [-0.15, -0.1) is 0 Å². The van der Waals surface area contributed by atoms with Crippen LogP contribution >= 0.6 is 0 Å². The summed E-state index contributed by atoms with van der Waals surface area (Å²) in [7, 11) is 1.84. The van der Waals surface area contributed by atoms with E-state index in [2.05, 4.69) is 19.1 Å². The van der Waals surface area contributed by atoms with Crippen LogP contribution in [0.4, 0.5) is 5.69 Å². The summed E-state index contributed by atoms with van der Waals surface area (Å²) in [4.78, 5) is 13.4. The lowest BCUT2D eigenvalue weighted by Crippen LogP contribution is -2.25. The number of hydrogen-bond acceptors (Lipinski definition) is 1. The average Bonchev–Trinajstić information content (AvgIpc) is 2.40. The van der Waals surface area contributed by atoms with Crippen molar-refractivity contribution in [2.45, 2.75) is 47.0 Å². The number of rotatable bonds is 4. The Hall–Kier alpha value is -1.31. The molecule has 0 aliphatic heterocycles. The topological polar surface area (TPSA) is 20.3 Å². The van der Waals surface area contributed by atoms with E-state index in [0.717, 1.165) is 18.5 Å². The smallest absolute Gasteiger partial charge is 0.226 e. The fourth-order valence-corrected chi connectivity index (χ4v) is 1.51. The standard InChI is InChI=1S/C13H19NO.C2H6/c1-4-7-13(15)14(3)12-9-6-8-11(5-2)10-12;1-2/h6,8-10H,4-5,7H2,1-3H3;1-2H3. The summed E-state index contributed by atoms with van der Waals surface area (Å²) in [6.45, 7) is 8.14. The van der Waals surface area contributed by atoms with Crippen LogP contribution in [0.25, 0.3) is 0 Å². The van der Waals surface area contributed by atoms with Gasteiger partial charge in [-0.25, -0.2) is 0 Å². The molecule has 0 aliphatic rings. The van der Waals surface area contributed by atoms with Crippen molar-refractivity contribution in [3.8, 4) is 0 Å². The summed E-state index contributed by atoms with van der Waals surface area (Å²) in [6, 6.07) is 8.14. The van der Waals surface area contributed by atoms with Crippen molar-refractivity contribution < 1.29 is 4.79 Å². The fourth-order valence-electron chi connectivity index (χ4n) is 1.51. The molecule has 0 unspecified atom stereocenters. The Balaban J connectivity index is 0.00000121. The molecule has 0 aromatic heterocycles. The normalized spacial score (nSPS) is 9.24. The van der Waals surface area contributed by atoms with Gasteiger partial charge < -0.3 is 4.90 Å². The predicted molar refractivity (Wildman–Crippen MR) is 75.5 cm³/mol. The van der Waals surface area contributed by atoms with Gasteiger partial charge >= 0.3 is 0 Å². The molecule has 0 heterocycles. The maximum Gasteiger partial charge on any atom is 0.226 e. The molecule has 0 spiro atoms. The molecule has 0 saturated carbocycles. The average molecular weight is 235 g/mol. The fraction of sp³-hybridized carbons (Fsp3) is 0.533. The molecule has 0 bridgehead atoms. The van der Waals surface area contributed by atoms with Gasteiger partial charge in [-0.05, 0) is 30.5 Å². The monoisotopic (exact) mass is 235 g/mol. The molecule has 96 valence electrons. The molecule has 1 aromatic carbocycles. The molecule has 0 N–H and O–H groups in total. The maximum atomic E-state index is 11.7. The second kappa shape index (κ2) is 8.80. The largest absolute Gasteiger partial charge is 0.315 e. The van der Waals surface area contributed by atoms with Gasteiger partial charge in [0, 0.05) is 19.2 Å². The third-order valence-corrected chi connectivity index (χ3v) is 2.54. The van der Waals surface area contributed by atoms with E-state index in [1.54, 1.807) is 4.90 Å². The lowest BCUT2D eigenvalue weighted by atomic mass is 10.1. The van der Waals surface area contributed by atoms with Crippen molar-refractivity contribution in [1.82, 2.24) is 0 Å². The SMILES string of the molecule is CC.CCCC(=O)N(C)c1cccc(CC)c1. The zero-order chi connectivity index (χ0) is 13.3. The van der Waals surface area contributed by atoms with Crippen LogP contribution in [0.2, 0.25) is 0 Å². The van der Waals surface area contributed by atoms with Crippen LogP contribution in [0.3, 0.4) is 0 Å². The number of hydrogen-bond donors (Lipinski definition) is 0. The first-order valence-corrected chi connectivity index (χ1v) is 6.54. The summed E-state index contributed by atoms with van der Waals surface area (Å²) in [6.07, 6.45) is 2.52. The first-order chi connectivity index (χ1) is 8.19. The van der Waals surface area contributed by atoms with Crippen LogP contribution in [-0.4, -0.2) is 13.0 Å². The Kier molecular flexibility index (Phi) is 8.12. The van der Waals surface area contributed by atoms with Gasteiger partial charge in [0.25, 0.3) is 0 Å². The second-order valence-corrected chi connectivity index (χ2v) is 3.73. The Morgan fingerprint density at radius 3 is 2.41 bits per heavy atom. The van der Waals surface area contributed by atoms with Gasteiger partial charge in [-0.1, -0.05) is 39.8 Å². The Morgan fingerprint density at radius 1 is 1.24 bits per heavy atom. The third-order valence-electron chi connectivity index (χ3n) is 2.54. The number of aryl methyl sites for hydroxylation is 1. The van der Waals surface area contributed by atoms with E-state index < -0.39 is 0 Å². The van der Waals surface area contributed by atoms with Gasteiger partial charge in [0.05, 0.1) is 0 Å². The van der Waals surface area contributed by atoms with E-state index in [1.807, 2.05) is 40.0 Å². The van der Waals surface area contributed by atoms with Crippen molar-refractivity contribution in [2.75, 3.05) is 11.9 Å². The van der Waals surface area contributed by atoms with Crippen molar-refractivity contribution in [1.29, 1.82) is 0 Å². The Morgan fingerprint density at radius 2 is 1.88 bits per heavy atom. The molecule has 0 aliphatic carbocycles. The molecule has 0 radical (unpaired) electrons. The van der Waals surface area contributed by atoms with E-state index >= 15 is 0 Å². The number of carbonyl (C=O) groups is 1. The van der Waals surface area contributed by atoms with E-state index in [4.69, 9.17) is 0 Å². The number of anilines is 1. The van der Waals surface area contributed by atoms with Crippen LogP contribution in [0, 0.1) is 0 Å². The maximum absolute atomic E-state index is 11.7. The van der Waals surface area contributed by atoms with E-state index in [1.165, 1.54) is 5.56 Å². The molecule has 17 heavy (non-hydrogen) atoms. The summed E-state index contributed by atoms with van der Waals surface area (Å²) < 4.78 is 0. The minimum atomic E-state index is 0.186. The minimum Gasteiger partial charge on any atom is -0.315 e. The molecule has 2 nitrogen and oxygen atoms in total. The van der Waals surface area contributed by atoms with Crippen LogP contribution in [-0.2, 0) is 11.2 Å². The van der Waals surface area contributed by atoms with Gasteiger partial charge in [0.2, 0.25) is 5.91 Å². The number of carbonyl (C=O) groups excluding carboxylic acids is 1. The van der Waals surface area contributed by atoms with Crippen LogP contribution in [0.5, 0.6) is 0 Å². The number of benzene rings is 1. The second-order valence-electron chi connectivity index (χ2n) is 3.73. The molecule has 0 atom stereocenters. The zero-order valence-corrected chi connectivity index (χ0v) is 11.8. The van der Waals surface area contributed by atoms with E-state index in [0.29, 0.717) is 6.42 Å². The highest BCUT2D eigenvalue weighted by atomic mass is 16.2. The molecular formula is C15H25NO. The van der Waals surface area contributed by atoms with Crippen molar-refractivity contribution >= 4 is 11.6 Å². The predicted octanol–water partition coefficient (Wildman–Crippen LogP) is 4.04. The minimum absolute atomic E-state index is 0.186. The highest BCUT2D eigenvalue weighted by molar-refractivity contribution is 5.92. The number of amides is 1. The van der Waals surface area contributed by atoms with E-state index in [-0.39, 0.29) is 5.91 Å². The number of nitrogens with zero attached hydrogens (tertiary/aromatic N) is 1. The van der Waals surface area contributed by atoms with Gasteiger partial charge in [-0.2, -0.15) is 0 Å². The zero-order valence-electron chi connectivity index (χ0n) is 11.8. The summed E-state index contributed by atoms with van der Waals surface area (Å²) in [5, 5.41) is 0. The Labute approximate surface area is 106 Å². The van der Waals surface area contributed by atoms with Crippen LogP contribution in [0.15, 0.2) is 24.3 Å². The van der Waals surface area contributed by atoms with Gasteiger partial charge in [-0.3, -0.25) is 4.79 Å². The molecule has 1 amide bonds. The van der Waals surface area contributed by atoms with E-state index in [9.17, 15) is 4.79 Å². The van der Waals surface area contributed by atoms with Crippen molar-refractivity contribution in [3.63, 3.8) is 0 Å². The first kappa shape index (κ1) is 15.7. The highest BCUT2D eigenvalue weighted by Crippen LogP contribution is 2.16. The first-order valence-electron chi connectivity index (χ1n) is 6.54. The van der Waals surface area contributed by atoms with Crippen LogP contribution in [0.1, 0.15) is 46.1 Å². The molecule has 0 saturated heterocycles. The van der Waals surface area contributed by atoms with Crippen molar-refractivity contribution in [2.24, 2.45) is 0 Å². The lowest BCUT2D eigenvalue weighted by Gasteiger charge is -2.17. The van der Waals surface area contributed by atoms with Crippen molar-refractivity contribution in [3.05, 3.63) is 29.8 Å². The van der Waals surface area contributed by atoms with Crippen LogP contribution < -0.4 is 4.90 Å². The molecule has 1 rings (SSSR count). The quantitative estimate of drug-likeness (QED) is 0.771. The molecular weight excluding hydrogens is 210 g/mol. The van der Waals surface area contributed by atoms with Gasteiger partial charge in [0.15, 0.2) is 0 Å². The summed E-state index contributed by atoms with van der Waals surface area (Å²) >= 11 is 0. The van der Waals surface area contributed by atoms with Gasteiger partial charge in [0.1, 0.15) is 0 Å². The molecule has 0 fully saturated rings.